The monoisotopic (exact) mass is 383 g/mol. The number of carbonyl (C=O) groups is 1. The number of aromatic nitrogens is 1. The zero-order chi connectivity index (χ0) is 20.2. The highest BCUT2D eigenvalue weighted by Crippen LogP contribution is 2.08. The molecule has 1 aromatic rings. The first-order chi connectivity index (χ1) is 12.9. The number of aryl methyl sites for hydroxylation is 1. The predicted octanol–water partition coefficient (Wildman–Crippen LogP) is 0.835. The molecule has 0 aromatic carbocycles. The molecule has 1 rings (SSSR count). The Labute approximate surface area is 161 Å². The van der Waals surface area contributed by atoms with Crippen molar-refractivity contribution in [3.63, 3.8) is 0 Å². The van der Waals surface area contributed by atoms with E-state index in [-0.39, 0.29) is 6.61 Å². The molecule has 1 amide bonds. The number of carbonyl (C=O) groups excluding carboxylic acids is 1. The van der Waals surface area contributed by atoms with Crippen molar-refractivity contribution in [2.45, 2.75) is 50.9 Å². The molecule has 1 aromatic heterocycles. The third-order valence-corrected chi connectivity index (χ3v) is 4.17. The fourth-order valence-electron chi connectivity index (χ4n) is 2.53. The Hall–Kier alpha value is -1.74. The van der Waals surface area contributed by atoms with E-state index in [4.69, 9.17) is 9.15 Å². The maximum absolute atomic E-state index is 12.0. The van der Waals surface area contributed by atoms with Crippen molar-refractivity contribution >= 4 is 12.0 Å². The van der Waals surface area contributed by atoms with E-state index in [1.165, 1.54) is 7.11 Å². The van der Waals surface area contributed by atoms with Crippen LogP contribution >= 0.6 is 0 Å². The highest BCUT2D eigenvalue weighted by atomic mass is 16.5. The molecule has 0 fully saturated rings. The number of likely N-dealkylation sites (N-methyl/N-ethyl adjacent to an activating group) is 1. The fraction of sp³-hybridized carbons (Fsp3) is 0.684. The van der Waals surface area contributed by atoms with Gasteiger partial charge in [0.25, 0.3) is 5.91 Å². The van der Waals surface area contributed by atoms with Gasteiger partial charge in [-0.2, -0.15) is 0 Å². The largest absolute Gasteiger partial charge is 0.448 e. The minimum atomic E-state index is -1.52. The molecule has 0 spiro atoms. The molecule has 0 bridgehead atoms. The summed E-state index contributed by atoms with van der Waals surface area (Å²) in [6.07, 6.45) is 6.10. The lowest BCUT2D eigenvalue weighted by atomic mass is 10.0. The number of hydrogen-bond acceptors (Lipinski definition) is 7. The van der Waals surface area contributed by atoms with Crippen molar-refractivity contribution in [1.82, 2.24) is 15.2 Å². The Kier molecular flexibility index (Phi) is 10.9. The molecule has 8 heteroatoms. The quantitative estimate of drug-likeness (QED) is 0.433. The molecule has 0 aliphatic heterocycles. The third kappa shape index (κ3) is 8.21. The van der Waals surface area contributed by atoms with Crippen LogP contribution in [0.1, 0.15) is 37.8 Å². The van der Waals surface area contributed by atoms with Crippen molar-refractivity contribution in [2.24, 2.45) is 0 Å². The van der Waals surface area contributed by atoms with E-state index in [2.05, 4.69) is 23.3 Å². The van der Waals surface area contributed by atoms with Crippen LogP contribution in [0.25, 0.3) is 6.08 Å². The molecule has 0 unspecified atom stereocenters. The number of aliphatic hydroxyl groups excluding tert-OH is 2. The lowest BCUT2D eigenvalue weighted by Gasteiger charge is -2.30. The van der Waals surface area contributed by atoms with E-state index < -0.39 is 24.2 Å². The molecule has 154 valence electrons. The van der Waals surface area contributed by atoms with Gasteiger partial charge in [-0.15, -0.1) is 0 Å². The zero-order valence-corrected chi connectivity index (χ0v) is 16.7. The number of amides is 1. The number of hydrogen-bond donors (Lipinski definition) is 3. The van der Waals surface area contributed by atoms with Gasteiger partial charge in [-0.1, -0.05) is 19.4 Å². The Morgan fingerprint density at radius 2 is 2.19 bits per heavy atom. The Bertz CT molecular complexity index is 573. The number of unbranched alkanes of at least 4 members (excludes halogenated alkanes) is 1. The summed E-state index contributed by atoms with van der Waals surface area (Å²) in [4.78, 5) is 18.1. The second-order valence-electron chi connectivity index (χ2n) is 6.67. The second kappa shape index (κ2) is 12.6. The van der Waals surface area contributed by atoms with Crippen LogP contribution in [0.15, 0.2) is 16.8 Å². The van der Waals surface area contributed by atoms with Crippen molar-refractivity contribution in [2.75, 3.05) is 34.4 Å². The van der Waals surface area contributed by atoms with Gasteiger partial charge in [0.1, 0.15) is 18.1 Å². The number of ether oxygens (including phenoxy) is 1. The minimum Gasteiger partial charge on any atom is -0.448 e. The van der Waals surface area contributed by atoms with Gasteiger partial charge < -0.3 is 29.6 Å². The molecular formula is C19H33N3O5. The summed E-state index contributed by atoms with van der Waals surface area (Å²) in [6.45, 7) is 2.67. The van der Waals surface area contributed by atoms with E-state index in [1.54, 1.807) is 25.3 Å². The molecule has 1 heterocycles. The topological polar surface area (TPSA) is 108 Å². The Balaban J connectivity index is 2.37. The SMILES string of the molecule is CCC/C=C/c1coc(CCCNC(=O)[C@@H](O)[C@@H](O)[C@H](COC)N(C)C)n1. The van der Waals surface area contributed by atoms with Crippen LogP contribution in [0.5, 0.6) is 0 Å². The average Bonchev–Trinajstić information content (AvgIpc) is 3.09. The Morgan fingerprint density at radius 3 is 2.81 bits per heavy atom. The van der Waals surface area contributed by atoms with Crippen LogP contribution < -0.4 is 5.32 Å². The maximum atomic E-state index is 12.0. The lowest BCUT2D eigenvalue weighted by Crippen LogP contribution is -2.53. The summed E-state index contributed by atoms with van der Waals surface area (Å²) >= 11 is 0. The van der Waals surface area contributed by atoms with Gasteiger partial charge in [0, 0.05) is 20.1 Å². The normalized spacial score (nSPS) is 15.2. The van der Waals surface area contributed by atoms with Crippen molar-refractivity contribution in [3.8, 4) is 0 Å². The first-order valence-corrected chi connectivity index (χ1v) is 9.30. The molecule has 0 radical (unpaired) electrons. The molecule has 3 atom stereocenters. The average molecular weight is 383 g/mol. The standard InChI is InChI=1S/C19H33N3O5/c1-5-6-7-9-14-12-27-16(21-14)10-8-11-20-19(25)18(24)17(23)15(13-26-4)22(2)3/h7,9,12,15,17-18,23-24H,5-6,8,10-11,13H2,1-4H3,(H,20,25)/b9-7+/t15-,17-,18-/m0/s1. The summed E-state index contributed by atoms with van der Waals surface area (Å²) in [7, 11) is 5.00. The highest BCUT2D eigenvalue weighted by molar-refractivity contribution is 5.81. The molecule has 27 heavy (non-hydrogen) atoms. The number of rotatable bonds is 13. The summed E-state index contributed by atoms with van der Waals surface area (Å²) < 4.78 is 10.4. The number of allylic oxidation sites excluding steroid dienone is 1. The van der Waals surface area contributed by atoms with Crippen LogP contribution in [-0.4, -0.2) is 78.6 Å². The first-order valence-electron chi connectivity index (χ1n) is 9.30. The van der Waals surface area contributed by atoms with Crippen LogP contribution in [0.3, 0.4) is 0 Å². The van der Waals surface area contributed by atoms with E-state index in [1.807, 2.05) is 6.08 Å². The number of nitrogens with one attached hydrogen (secondary N) is 1. The summed E-state index contributed by atoms with van der Waals surface area (Å²) in [6, 6.07) is -0.484. The molecule has 0 aliphatic rings. The second-order valence-corrected chi connectivity index (χ2v) is 6.67. The van der Waals surface area contributed by atoms with Crippen LogP contribution in [0.4, 0.5) is 0 Å². The van der Waals surface area contributed by atoms with Gasteiger partial charge in [0.2, 0.25) is 0 Å². The summed E-state index contributed by atoms with van der Waals surface area (Å²) in [5, 5.41) is 22.9. The third-order valence-electron chi connectivity index (χ3n) is 4.17. The highest BCUT2D eigenvalue weighted by Gasteiger charge is 2.32. The minimum absolute atomic E-state index is 0.206. The van der Waals surface area contributed by atoms with E-state index in [0.29, 0.717) is 25.3 Å². The van der Waals surface area contributed by atoms with Gasteiger partial charge >= 0.3 is 0 Å². The van der Waals surface area contributed by atoms with E-state index >= 15 is 0 Å². The number of aliphatic hydroxyl groups is 2. The first kappa shape index (κ1) is 23.3. The van der Waals surface area contributed by atoms with Gasteiger partial charge in [0.15, 0.2) is 12.0 Å². The molecule has 0 aliphatic carbocycles. The number of methoxy groups -OCH3 is 1. The maximum Gasteiger partial charge on any atom is 0.251 e. The van der Waals surface area contributed by atoms with Gasteiger partial charge in [0.05, 0.1) is 12.6 Å². The lowest BCUT2D eigenvalue weighted by molar-refractivity contribution is -0.139. The van der Waals surface area contributed by atoms with Crippen molar-refractivity contribution in [1.29, 1.82) is 0 Å². The Morgan fingerprint density at radius 1 is 1.44 bits per heavy atom. The summed E-state index contributed by atoms with van der Waals surface area (Å²) in [5.41, 5.74) is 0.786. The van der Waals surface area contributed by atoms with Gasteiger partial charge in [-0.3, -0.25) is 4.79 Å². The van der Waals surface area contributed by atoms with Gasteiger partial charge in [-0.25, -0.2) is 4.98 Å². The van der Waals surface area contributed by atoms with Gasteiger partial charge in [-0.05, 0) is 33.0 Å². The molecule has 0 saturated carbocycles. The fourth-order valence-corrected chi connectivity index (χ4v) is 2.53. The van der Waals surface area contributed by atoms with E-state index in [9.17, 15) is 15.0 Å². The van der Waals surface area contributed by atoms with Crippen LogP contribution in [-0.2, 0) is 16.0 Å². The summed E-state index contributed by atoms with van der Waals surface area (Å²) in [5.74, 6) is -0.00482. The smallest absolute Gasteiger partial charge is 0.251 e. The molecule has 3 N–H and O–H groups in total. The molecule has 8 nitrogen and oxygen atoms in total. The number of nitrogens with zero attached hydrogens (tertiary/aromatic N) is 2. The van der Waals surface area contributed by atoms with E-state index in [0.717, 1.165) is 18.5 Å². The van der Waals surface area contributed by atoms with Crippen molar-refractivity contribution < 1.29 is 24.2 Å². The van der Waals surface area contributed by atoms with Crippen molar-refractivity contribution in [3.05, 3.63) is 23.9 Å². The number of oxazole rings is 1. The zero-order valence-electron chi connectivity index (χ0n) is 16.7. The molecular weight excluding hydrogens is 350 g/mol. The van der Waals surface area contributed by atoms with Crippen LogP contribution in [0, 0.1) is 0 Å². The molecule has 0 saturated heterocycles. The predicted molar refractivity (Wildman–Crippen MR) is 103 cm³/mol. The van der Waals surface area contributed by atoms with Crippen LogP contribution in [0.2, 0.25) is 0 Å².